The van der Waals surface area contributed by atoms with Gasteiger partial charge >= 0.3 is 5.97 Å². The van der Waals surface area contributed by atoms with Crippen LogP contribution in [0.4, 0.5) is 0 Å². The summed E-state index contributed by atoms with van der Waals surface area (Å²) in [6.45, 7) is 7.65. The van der Waals surface area contributed by atoms with Crippen LogP contribution in [0.15, 0.2) is 11.6 Å². The van der Waals surface area contributed by atoms with Gasteiger partial charge in [-0.3, -0.25) is 9.59 Å². The number of hydrogen-bond acceptors (Lipinski definition) is 23. The average molecular weight is 1050 g/mol. The summed E-state index contributed by atoms with van der Waals surface area (Å²) in [4.78, 5) is 27.0. The highest BCUT2D eigenvalue weighted by Gasteiger charge is 2.64. The highest BCUT2D eigenvalue weighted by molar-refractivity contribution is 5.81. The van der Waals surface area contributed by atoms with Crippen LogP contribution in [0.2, 0.25) is 0 Å². The standard InChI is InChI=1S/C50H80O23/c1-20(18-65-45-40(62)38(60)36(58)30(16-51)70-45)6-9-32(55)69-29-15-27-25-8-7-23-14-24(10-12-49(23,4)26(25)11-13-50(27,5)33(29)21(2)53)68-48-44(73-47-41(63)37(59)34(56)22(3)67-47)42(64)43(31(17-52)71-48)72-46-39(61)35(57)28(54)19-66-46/h7,20,22,24-31,33-48,51-52,54,56-64H,6,8-19H2,1-5H3/t20-,22-,24+,25?,26?,27+,28-,29+,30-,31-,33+,34-,35+,36-,37+,38+,39-,40-,41-,42+,43-,44-,45-,46+,47+,48-,49+,50+/m1/s1. The van der Waals surface area contributed by atoms with Crippen molar-refractivity contribution in [1.82, 2.24) is 0 Å². The first kappa shape index (κ1) is 57.3. The highest BCUT2D eigenvalue weighted by atomic mass is 16.8. The molecule has 2 unspecified atom stereocenters. The Hall–Kier alpha value is -1.92. The van der Waals surface area contributed by atoms with Gasteiger partial charge in [-0.1, -0.05) is 32.4 Å². The number of carbonyl (C=O) groups is 2. The van der Waals surface area contributed by atoms with Gasteiger partial charge in [0.15, 0.2) is 25.2 Å². The summed E-state index contributed by atoms with van der Waals surface area (Å²) in [5.74, 6) is -0.631. The van der Waals surface area contributed by atoms with Crippen molar-refractivity contribution >= 4 is 11.8 Å². The number of Topliss-reactive ketones (excluding diaryl/α,β-unsaturated/α-hetero) is 1. The molecule has 0 aromatic heterocycles. The third-order valence-electron chi connectivity index (χ3n) is 18.0. The van der Waals surface area contributed by atoms with Crippen molar-refractivity contribution in [2.75, 3.05) is 26.4 Å². The van der Waals surface area contributed by atoms with Crippen molar-refractivity contribution < 1.29 is 113 Å². The first-order chi connectivity index (χ1) is 34.5. The second kappa shape index (κ2) is 23.2. The van der Waals surface area contributed by atoms with Crippen molar-refractivity contribution in [1.29, 1.82) is 0 Å². The Balaban J connectivity index is 0.919. The molecule has 0 aromatic carbocycles. The molecule has 4 aliphatic heterocycles. The zero-order valence-electron chi connectivity index (χ0n) is 42.1. The summed E-state index contributed by atoms with van der Waals surface area (Å²) in [5, 5.41) is 125. The van der Waals surface area contributed by atoms with Gasteiger partial charge in [-0.05, 0) is 99.7 Å². The van der Waals surface area contributed by atoms with E-state index < -0.39 is 166 Å². The number of ketones is 1. The van der Waals surface area contributed by atoms with E-state index in [-0.39, 0.29) is 47.9 Å². The number of esters is 1. The summed E-state index contributed by atoms with van der Waals surface area (Å²) in [6, 6.07) is 0. The number of ether oxygens (including phenoxy) is 9. The summed E-state index contributed by atoms with van der Waals surface area (Å²) >= 11 is 0. The number of allylic oxidation sites excluding steroid dienone is 1. The van der Waals surface area contributed by atoms with Gasteiger partial charge in [-0.25, -0.2) is 0 Å². The molecule has 8 aliphatic rings. The molecule has 4 saturated heterocycles. The van der Waals surface area contributed by atoms with Crippen molar-refractivity contribution in [3.63, 3.8) is 0 Å². The molecule has 12 N–H and O–H groups in total. The number of aliphatic hydroxyl groups excluding tert-OH is 12. The van der Waals surface area contributed by atoms with E-state index in [9.17, 15) is 70.9 Å². The molecule has 7 fully saturated rings. The summed E-state index contributed by atoms with van der Waals surface area (Å²) in [7, 11) is 0. The van der Waals surface area contributed by atoms with E-state index >= 15 is 0 Å². The second-order valence-corrected chi connectivity index (χ2v) is 22.7. The highest BCUT2D eigenvalue weighted by Crippen LogP contribution is 2.67. The maximum atomic E-state index is 13.5. The number of rotatable bonds is 16. The monoisotopic (exact) mass is 1050 g/mol. The van der Waals surface area contributed by atoms with Crippen molar-refractivity contribution in [3.8, 4) is 0 Å². The van der Waals surface area contributed by atoms with Gasteiger partial charge in [0.2, 0.25) is 0 Å². The minimum atomic E-state index is -1.77. The minimum absolute atomic E-state index is 0.0245. The Labute approximate surface area is 424 Å². The first-order valence-corrected chi connectivity index (χ1v) is 26.1. The maximum absolute atomic E-state index is 13.5. The molecule has 0 amide bonds. The lowest BCUT2D eigenvalue weighted by Crippen LogP contribution is -2.66. The van der Waals surface area contributed by atoms with E-state index in [2.05, 4.69) is 19.9 Å². The van der Waals surface area contributed by atoms with E-state index in [0.717, 1.165) is 19.3 Å². The molecule has 28 atom stereocenters. The minimum Gasteiger partial charge on any atom is -0.462 e. The summed E-state index contributed by atoms with van der Waals surface area (Å²) in [6.07, 6.45) is -22.2. The predicted molar refractivity (Wildman–Crippen MR) is 246 cm³/mol. The molecule has 73 heavy (non-hydrogen) atoms. The first-order valence-electron chi connectivity index (χ1n) is 26.1. The third-order valence-corrected chi connectivity index (χ3v) is 18.0. The largest absolute Gasteiger partial charge is 0.462 e. The zero-order chi connectivity index (χ0) is 53.0. The van der Waals surface area contributed by atoms with E-state index in [1.165, 1.54) is 12.5 Å². The lowest BCUT2D eigenvalue weighted by Gasteiger charge is -2.58. The molecule has 8 rings (SSSR count). The van der Waals surface area contributed by atoms with Gasteiger partial charge in [0.05, 0.1) is 44.6 Å². The molecule has 0 bridgehead atoms. The molecule has 0 aromatic rings. The number of fused-ring (bicyclic) bond motifs is 5. The lowest BCUT2D eigenvalue weighted by atomic mass is 9.47. The lowest BCUT2D eigenvalue weighted by molar-refractivity contribution is -0.385. The third kappa shape index (κ3) is 11.2. The van der Waals surface area contributed by atoms with E-state index in [0.29, 0.717) is 32.1 Å². The van der Waals surface area contributed by atoms with E-state index in [4.69, 9.17) is 42.6 Å². The van der Waals surface area contributed by atoms with Crippen LogP contribution in [0.1, 0.15) is 92.4 Å². The predicted octanol–water partition coefficient (Wildman–Crippen LogP) is -2.59. The van der Waals surface area contributed by atoms with E-state index in [1.54, 1.807) is 6.92 Å². The van der Waals surface area contributed by atoms with Crippen LogP contribution in [-0.4, -0.2) is 228 Å². The molecule has 0 spiro atoms. The number of hydrogen-bond donors (Lipinski definition) is 12. The van der Waals surface area contributed by atoms with Crippen LogP contribution in [0.3, 0.4) is 0 Å². The molecule has 3 saturated carbocycles. The van der Waals surface area contributed by atoms with E-state index in [1.807, 2.05) is 6.92 Å². The number of aliphatic hydroxyl groups is 12. The fourth-order valence-corrected chi connectivity index (χ4v) is 13.7. The fourth-order valence-electron chi connectivity index (χ4n) is 13.7. The molecular formula is C50H80O23. The zero-order valence-corrected chi connectivity index (χ0v) is 42.1. The Morgan fingerprint density at radius 3 is 2.08 bits per heavy atom. The second-order valence-electron chi connectivity index (χ2n) is 22.7. The Bertz CT molecular complexity index is 1910. The van der Waals surface area contributed by atoms with Crippen LogP contribution < -0.4 is 0 Å². The summed E-state index contributed by atoms with van der Waals surface area (Å²) < 4.78 is 53.4. The fraction of sp³-hybridized carbons (Fsp3) is 0.920. The van der Waals surface area contributed by atoms with Gasteiger partial charge in [-0.15, -0.1) is 0 Å². The molecule has 0 radical (unpaired) electrons. The Morgan fingerprint density at radius 2 is 1.38 bits per heavy atom. The summed E-state index contributed by atoms with van der Waals surface area (Å²) in [5.41, 5.74) is 0.520. The van der Waals surface area contributed by atoms with Gasteiger partial charge in [0.25, 0.3) is 0 Å². The molecule has 418 valence electrons. The smallest absolute Gasteiger partial charge is 0.306 e. The molecule has 4 aliphatic carbocycles. The van der Waals surface area contributed by atoms with Gasteiger partial charge < -0.3 is 104 Å². The topological polar surface area (TPSA) is 360 Å². The van der Waals surface area contributed by atoms with Gasteiger partial charge in [0.1, 0.15) is 97.3 Å². The van der Waals surface area contributed by atoms with Crippen molar-refractivity contribution in [2.24, 2.45) is 40.4 Å². The van der Waals surface area contributed by atoms with Gasteiger partial charge in [-0.2, -0.15) is 0 Å². The molecule has 23 heteroatoms. The van der Waals surface area contributed by atoms with Crippen molar-refractivity contribution in [2.45, 2.75) is 221 Å². The Kier molecular flexibility index (Phi) is 18.2. The SMILES string of the molecule is CC(=O)[C@H]1[C@@H](OC(=O)CC[C@@H](C)CO[C@@H]2O[C@H](CO)[C@@H](O)[C@H](O)[C@H]2O)C[C@H]2C3CC=C4C[C@@H](O[C@@H]5O[C@H](CO)[C@@H](O[C@@H]6OC[C@@H](O)[C@H](O)[C@H]6O)[C@H](O)[C@H]5O[C@@H]5O[C@H](C)[C@@H](O)[C@H](O)[C@H]5O)CC[C@]4(C)C3CC[C@@]21C. The van der Waals surface area contributed by atoms with Crippen LogP contribution >= 0.6 is 0 Å². The van der Waals surface area contributed by atoms with Crippen LogP contribution in [0, 0.1) is 40.4 Å². The van der Waals surface area contributed by atoms with Crippen LogP contribution in [-0.2, 0) is 52.2 Å². The average Bonchev–Trinajstić information content (AvgIpc) is 3.66. The normalized spacial score (nSPS) is 50.5. The molecular weight excluding hydrogens is 969 g/mol. The Morgan fingerprint density at radius 1 is 0.726 bits per heavy atom. The maximum Gasteiger partial charge on any atom is 0.306 e. The van der Waals surface area contributed by atoms with Gasteiger partial charge in [0, 0.05) is 6.42 Å². The van der Waals surface area contributed by atoms with Crippen LogP contribution in [0.25, 0.3) is 0 Å². The molecule has 23 nitrogen and oxygen atoms in total. The van der Waals surface area contributed by atoms with Crippen LogP contribution in [0.5, 0.6) is 0 Å². The van der Waals surface area contributed by atoms with Crippen molar-refractivity contribution in [3.05, 3.63) is 11.6 Å². The molecule has 4 heterocycles. The number of carbonyl (C=O) groups excluding carboxylic acids is 2. The quantitative estimate of drug-likeness (QED) is 0.0557.